The van der Waals surface area contributed by atoms with Crippen molar-refractivity contribution in [1.82, 2.24) is 25.6 Å². The summed E-state index contributed by atoms with van der Waals surface area (Å²) in [5, 5.41) is 9.66. The molecule has 2 aliphatic rings. The van der Waals surface area contributed by atoms with Crippen molar-refractivity contribution in [3.8, 4) is 0 Å². The van der Waals surface area contributed by atoms with Crippen molar-refractivity contribution >= 4 is 40.3 Å². The number of para-hydroxylation sites is 1. The fourth-order valence-electron chi connectivity index (χ4n) is 6.28. The van der Waals surface area contributed by atoms with Gasteiger partial charge in [-0.2, -0.15) is 4.73 Å². The molecule has 240 valence electrons. The maximum absolute atomic E-state index is 14.0. The van der Waals surface area contributed by atoms with Gasteiger partial charge in [-0.3, -0.25) is 24.0 Å². The zero-order chi connectivity index (χ0) is 31.6. The van der Waals surface area contributed by atoms with Crippen molar-refractivity contribution < 1.29 is 28.8 Å². The van der Waals surface area contributed by atoms with Crippen molar-refractivity contribution in [1.29, 1.82) is 0 Å². The van der Waals surface area contributed by atoms with Crippen molar-refractivity contribution in [3.63, 3.8) is 0 Å². The van der Waals surface area contributed by atoms with Gasteiger partial charge in [0.25, 0.3) is 0 Å². The molecule has 3 N–H and O–H groups in total. The number of amides is 4. The molecule has 1 aromatic carbocycles. The van der Waals surface area contributed by atoms with Crippen LogP contribution in [0.4, 0.5) is 0 Å². The molecular weight excluding hydrogens is 562 g/mol. The normalized spacial score (nSPS) is 23.2. The van der Waals surface area contributed by atoms with E-state index < -0.39 is 36.0 Å². The molecule has 2 fully saturated rings. The summed E-state index contributed by atoms with van der Waals surface area (Å²) in [6.45, 7) is 4.19. The van der Waals surface area contributed by atoms with E-state index in [1.165, 1.54) is 0 Å². The lowest BCUT2D eigenvalue weighted by molar-refractivity contribution is -0.147. The summed E-state index contributed by atoms with van der Waals surface area (Å²) in [6, 6.07) is 4.26. The summed E-state index contributed by atoms with van der Waals surface area (Å²) >= 11 is 0. The second kappa shape index (κ2) is 15.7. The molecule has 11 heteroatoms. The molecule has 2 aromatic rings. The van der Waals surface area contributed by atoms with Crippen molar-refractivity contribution in [2.24, 2.45) is 0 Å². The fraction of sp³-hybridized carbons (Fsp3) is 0.606. The Kier molecular flexibility index (Phi) is 11.8. The average molecular weight is 610 g/mol. The average Bonchev–Trinajstić information content (AvgIpc) is 3.39. The lowest BCUT2D eigenvalue weighted by atomic mass is 9.96. The van der Waals surface area contributed by atoms with Crippen LogP contribution in [0.25, 0.3) is 10.9 Å². The van der Waals surface area contributed by atoms with Gasteiger partial charge >= 0.3 is 0 Å². The van der Waals surface area contributed by atoms with Crippen LogP contribution in [0, 0.1) is 0 Å². The number of nitrogens with one attached hydrogen (secondary N) is 3. The van der Waals surface area contributed by atoms with Crippen molar-refractivity contribution in [3.05, 3.63) is 36.0 Å². The molecule has 0 bridgehead atoms. The highest BCUT2D eigenvalue weighted by molar-refractivity contribution is 5.98. The summed E-state index contributed by atoms with van der Waals surface area (Å²) in [4.78, 5) is 74.0. The number of hydrogen-bond acceptors (Lipinski definition) is 6. The van der Waals surface area contributed by atoms with Crippen LogP contribution >= 0.6 is 0 Å². The van der Waals surface area contributed by atoms with Gasteiger partial charge in [-0.15, -0.1) is 0 Å². The number of piperidine rings is 1. The van der Waals surface area contributed by atoms with Crippen LogP contribution in [0.2, 0.25) is 0 Å². The number of Topliss-reactive ketones (excluding diaryl/α,β-unsaturated/α-hetero) is 1. The molecule has 3 unspecified atom stereocenters. The first-order chi connectivity index (χ1) is 21.3. The Hall–Kier alpha value is -3.89. The summed E-state index contributed by atoms with van der Waals surface area (Å²) in [5.41, 5.74) is 1.62. The highest BCUT2D eigenvalue weighted by atomic mass is 16.6. The number of hydrogen-bond donors (Lipinski definition) is 3. The third-order valence-corrected chi connectivity index (χ3v) is 8.77. The molecule has 2 saturated heterocycles. The molecule has 0 saturated carbocycles. The second-order valence-electron chi connectivity index (χ2n) is 11.9. The van der Waals surface area contributed by atoms with Crippen molar-refractivity contribution in [2.45, 2.75) is 115 Å². The minimum atomic E-state index is -0.996. The zero-order valence-corrected chi connectivity index (χ0v) is 26.2. The third kappa shape index (κ3) is 7.98. The summed E-state index contributed by atoms with van der Waals surface area (Å²) in [5.74, 6) is -1.30. The Morgan fingerprint density at radius 2 is 1.61 bits per heavy atom. The van der Waals surface area contributed by atoms with Gasteiger partial charge in [-0.1, -0.05) is 51.3 Å². The van der Waals surface area contributed by atoms with Crippen LogP contribution in [0.1, 0.15) is 90.0 Å². The van der Waals surface area contributed by atoms with Gasteiger partial charge in [-0.25, -0.2) is 0 Å². The molecular formula is C33H47N5O6. The minimum absolute atomic E-state index is 0.160. The van der Waals surface area contributed by atoms with E-state index in [-0.39, 0.29) is 24.0 Å². The molecule has 11 nitrogen and oxygen atoms in total. The monoisotopic (exact) mass is 609 g/mol. The van der Waals surface area contributed by atoms with E-state index in [1.54, 1.807) is 22.9 Å². The number of ketones is 1. The largest absolute Gasteiger partial charge is 0.417 e. The van der Waals surface area contributed by atoms with Gasteiger partial charge in [0.05, 0.1) is 5.52 Å². The maximum Gasteiger partial charge on any atom is 0.245 e. The summed E-state index contributed by atoms with van der Waals surface area (Å²) < 4.78 is 1.62. The van der Waals surface area contributed by atoms with Crippen LogP contribution in [0.5, 0.6) is 0 Å². The molecule has 0 aliphatic carbocycles. The Morgan fingerprint density at radius 1 is 0.886 bits per heavy atom. The molecule has 1 aromatic heterocycles. The Balaban J connectivity index is 1.64. The molecule has 4 rings (SSSR count). The first-order valence-corrected chi connectivity index (χ1v) is 16.1. The Morgan fingerprint density at radius 3 is 2.36 bits per heavy atom. The van der Waals surface area contributed by atoms with Crippen LogP contribution in [-0.4, -0.2) is 76.9 Å². The van der Waals surface area contributed by atoms with E-state index in [2.05, 4.69) is 16.0 Å². The molecule has 3 heterocycles. The highest BCUT2D eigenvalue weighted by Gasteiger charge is 2.39. The van der Waals surface area contributed by atoms with Gasteiger partial charge in [0.15, 0.2) is 0 Å². The van der Waals surface area contributed by atoms with Crippen LogP contribution in [0.3, 0.4) is 0 Å². The predicted octanol–water partition coefficient (Wildman–Crippen LogP) is 2.82. The fourth-order valence-corrected chi connectivity index (χ4v) is 6.28. The maximum atomic E-state index is 14.0. The molecule has 2 aliphatic heterocycles. The molecule has 4 atom stereocenters. The molecule has 44 heavy (non-hydrogen) atoms. The highest BCUT2D eigenvalue weighted by Crippen LogP contribution is 2.24. The van der Waals surface area contributed by atoms with Gasteiger partial charge < -0.3 is 25.7 Å². The quantitative estimate of drug-likeness (QED) is 0.317. The van der Waals surface area contributed by atoms with Crippen molar-refractivity contribution in [2.75, 3.05) is 13.7 Å². The lowest BCUT2D eigenvalue weighted by Gasteiger charge is -2.38. The lowest BCUT2D eigenvalue weighted by Crippen LogP contribution is -2.63. The number of carbonyl (C=O) groups is 5. The second-order valence-corrected chi connectivity index (χ2v) is 11.9. The van der Waals surface area contributed by atoms with E-state index >= 15 is 0 Å². The van der Waals surface area contributed by atoms with Crippen LogP contribution in [0.15, 0.2) is 30.5 Å². The Labute approximate surface area is 259 Å². The molecule has 0 spiro atoms. The van der Waals surface area contributed by atoms with Crippen LogP contribution in [-0.2, 0) is 30.4 Å². The van der Waals surface area contributed by atoms with E-state index in [4.69, 9.17) is 4.84 Å². The summed E-state index contributed by atoms with van der Waals surface area (Å²) in [7, 11) is 1.56. The van der Waals surface area contributed by atoms with Gasteiger partial charge in [0.1, 0.15) is 37.1 Å². The van der Waals surface area contributed by atoms with E-state index in [0.717, 1.165) is 42.1 Å². The zero-order valence-electron chi connectivity index (χ0n) is 26.2. The topological polar surface area (TPSA) is 139 Å². The van der Waals surface area contributed by atoms with Crippen LogP contribution < -0.4 is 20.8 Å². The summed E-state index contributed by atoms with van der Waals surface area (Å²) in [6.07, 6.45) is 8.54. The first kappa shape index (κ1) is 33.0. The number of benzene rings is 1. The standard InChI is InChI=1S/C33H47N5O6/c1-4-13-25-30(40)36-27(20-22-21-38(44-3)28-17-10-9-15-24(22)28)31(41)35-26(16-8-6-7-14-23(39)5-2)33(43)37-19-12-11-18-29(37)32(42)34-25/h9-10,15,17,21,25-27,29H,4-8,11-14,16,18-20H2,1-3H3,(H,34,42)(H,35,41)(H,36,40)/t25?,26-,27?,29?/m0/s1. The molecule has 0 radical (unpaired) electrons. The predicted molar refractivity (Wildman–Crippen MR) is 167 cm³/mol. The SMILES string of the molecule is CCCC1NC(=O)C2CCCCN2C(=O)[C@H](CCCCCC(=O)CC)NC(=O)C(Cc2cn(OC)c3ccccc23)NC1=O. The minimum Gasteiger partial charge on any atom is -0.417 e. The third-order valence-electron chi connectivity index (χ3n) is 8.77. The van der Waals surface area contributed by atoms with E-state index in [1.807, 2.05) is 38.1 Å². The van der Waals surface area contributed by atoms with Gasteiger partial charge in [0.2, 0.25) is 23.6 Å². The number of aromatic nitrogens is 1. The Bertz CT molecular complexity index is 1340. The van der Waals surface area contributed by atoms with E-state index in [9.17, 15) is 24.0 Å². The number of unbranched alkanes of at least 4 members (excludes halogenated alkanes) is 2. The molecule has 4 amide bonds. The van der Waals surface area contributed by atoms with E-state index in [0.29, 0.717) is 51.5 Å². The number of nitrogens with zero attached hydrogens (tertiary/aromatic N) is 2. The first-order valence-electron chi connectivity index (χ1n) is 16.1. The number of rotatable bonds is 12. The van der Waals surface area contributed by atoms with Gasteiger partial charge in [-0.05, 0) is 50.2 Å². The van der Waals surface area contributed by atoms with Gasteiger partial charge in [0, 0.05) is 37.4 Å². The number of fused-ring (bicyclic) bond motifs is 2. The smallest absolute Gasteiger partial charge is 0.245 e. The number of carbonyl (C=O) groups excluding carboxylic acids is 5.